The first-order valence-corrected chi connectivity index (χ1v) is 8.43. The van der Waals surface area contributed by atoms with Crippen LogP contribution in [0.1, 0.15) is 42.1 Å². The number of anilines is 1. The summed E-state index contributed by atoms with van der Waals surface area (Å²) in [5, 5.41) is 2.80. The van der Waals surface area contributed by atoms with Gasteiger partial charge < -0.3 is 10.2 Å². The molecule has 0 radical (unpaired) electrons. The van der Waals surface area contributed by atoms with E-state index in [2.05, 4.69) is 19.2 Å². The molecule has 0 aliphatic carbocycles. The van der Waals surface area contributed by atoms with E-state index in [0.29, 0.717) is 30.1 Å². The average Bonchev–Trinajstić information content (AvgIpc) is 2.96. The van der Waals surface area contributed by atoms with Gasteiger partial charge in [0.2, 0.25) is 5.91 Å². The standard InChI is InChI=1S/C20H21FN2O2/c1-13(2)14-3-5-15(6-4-14)19(24)22-18-11-12-23(20(18)25)17-9-7-16(21)8-10-17/h3-10,13,18H,11-12H2,1-2H3,(H,22,24). The van der Waals surface area contributed by atoms with E-state index in [0.717, 1.165) is 5.56 Å². The zero-order valence-corrected chi connectivity index (χ0v) is 14.3. The minimum absolute atomic E-state index is 0.168. The molecule has 1 N–H and O–H groups in total. The van der Waals surface area contributed by atoms with Crippen LogP contribution in [0.4, 0.5) is 10.1 Å². The van der Waals surface area contributed by atoms with Crippen LogP contribution in [0.25, 0.3) is 0 Å². The van der Waals surface area contributed by atoms with Gasteiger partial charge in [0.25, 0.3) is 5.91 Å². The third-order valence-electron chi connectivity index (χ3n) is 4.49. The van der Waals surface area contributed by atoms with Crippen molar-refractivity contribution in [3.63, 3.8) is 0 Å². The number of carbonyl (C=O) groups excluding carboxylic acids is 2. The monoisotopic (exact) mass is 340 g/mol. The highest BCUT2D eigenvalue weighted by Gasteiger charge is 2.33. The highest BCUT2D eigenvalue weighted by molar-refractivity contribution is 6.03. The second-order valence-electron chi connectivity index (χ2n) is 6.56. The van der Waals surface area contributed by atoms with E-state index in [4.69, 9.17) is 0 Å². The van der Waals surface area contributed by atoms with Crippen molar-refractivity contribution in [1.29, 1.82) is 0 Å². The molecule has 0 bridgehead atoms. The largest absolute Gasteiger partial charge is 0.340 e. The van der Waals surface area contributed by atoms with Gasteiger partial charge in [-0.15, -0.1) is 0 Å². The summed E-state index contributed by atoms with van der Waals surface area (Å²) < 4.78 is 13.0. The van der Waals surface area contributed by atoms with Crippen molar-refractivity contribution in [2.75, 3.05) is 11.4 Å². The molecule has 1 atom stereocenters. The SMILES string of the molecule is CC(C)c1ccc(C(=O)NC2CCN(c3ccc(F)cc3)C2=O)cc1. The summed E-state index contributed by atoms with van der Waals surface area (Å²) >= 11 is 0. The first-order valence-electron chi connectivity index (χ1n) is 8.43. The smallest absolute Gasteiger partial charge is 0.251 e. The lowest BCUT2D eigenvalue weighted by Gasteiger charge is -2.17. The lowest BCUT2D eigenvalue weighted by molar-refractivity contribution is -0.118. The third-order valence-corrected chi connectivity index (χ3v) is 4.49. The molecule has 1 fully saturated rings. The van der Waals surface area contributed by atoms with Gasteiger partial charge in [0, 0.05) is 17.8 Å². The van der Waals surface area contributed by atoms with E-state index >= 15 is 0 Å². The lowest BCUT2D eigenvalue weighted by Crippen LogP contribution is -2.41. The predicted molar refractivity (Wildman–Crippen MR) is 95.2 cm³/mol. The molecule has 1 heterocycles. The zero-order valence-electron chi connectivity index (χ0n) is 14.3. The van der Waals surface area contributed by atoms with E-state index in [1.165, 1.54) is 12.1 Å². The highest BCUT2D eigenvalue weighted by atomic mass is 19.1. The first-order chi connectivity index (χ1) is 12.0. The number of nitrogens with zero attached hydrogens (tertiary/aromatic N) is 1. The maximum Gasteiger partial charge on any atom is 0.251 e. The van der Waals surface area contributed by atoms with Crippen LogP contribution in [-0.2, 0) is 4.79 Å². The van der Waals surface area contributed by atoms with Crippen LogP contribution in [0, 0.1) is 5.82 Å². The molecular weight excluding hydrogens is 319 g/mol. The highest BCUT2D eigenvalue weighted by Crippen LogP contribution is 2.22. The summed E-state index contributed by atoms with van der Waals surface area (Å²) in [7, 11) is 0. The Morgan fingerprint density at radius 3 is 2.36 bits per heavy atom. The Bertz CT molecular complexity index is 769. The van der Waals surface area contributed by atoms with Crippen LogP contribution in [0.2, 0.25) is 0 Å². The Labute approximate surface area is 146 Å². The molecule has 0 saturated carbocycles. The molecule has 2 aromatic rings. The van der Waals surface area contributed by atoms with Gasteiger partial charge in [-0.3, -0.25) is 9.59 Å². The summed E-state index contributed by atoms with van der Waals surface area (Å²) in [6.45, 7) is 4.69. The Balaban J connectivity index is 1.66. The fourth-order valence-corrected chi connectivity index (χ4v) is 2.95. The Hall–Kier alpha value is -2.69. The van der Waals surface area contributed by atoms with Crippen molar-refractivity contribution < 1.29 is 14.0 Å². The van der Waals surface area contributed by atoms with Crippen molar-refractivity contribution in [2.24, 2.45) is 0 Å². The molecule has 2 amide bonds. The van der Waals surface area contributed by atoms with E-state index in [1.807, 2.05) is 12.1 Å². The van der Waals surface area contributed by atoms with Crippen molar-refractivity contribution in [2.45, 2.75) is 32.2 Å². The van der Waals surface area contributed by atoms with Crippen LogP contribution in [0.15, 0.2) is 48.5 Å². The quantitative estimate of drug-likeness (QED) is 0.926. The second kappa shape index (κ2) is 7.05. The van der Waals surface area contributed by atoms with Crippen LogP contribution in [-0.4, -0.2) is 24.4 Å². The van der Waals surface area contributed by atoms with Gasteiger partial charge in [-0.1, -0.05) is 26.0 Å². The zero-order chi connectivity index (χ0) is 18.0. The van der Waals surface area contributed by atoms with Crippen LogP contribution in [0.3, 0.4) is 0 Å². The Morgan fingerprint density at radius 2 is 1.76 bits per heavy atom. The molecule has 1 aliphatic heterocycles. The van der Waals surface area contributed by atoms with E-state index in [1.54, 1.807) is 29.2 Å². The van der Waals surface area contributed by atoms with E-state index < -0.39 is 6.04 Å². The van der Waals surface area contributed by atoms with Crippen molar-refractivity contribution in [1.82, 2.24) is 5.32 Å². The molecule has 2 aromatic carbocycles. The molecule has 1 unspecified atom stereocenters. The minimum atomic E-state index is -0.553. The van der Waals surface area contributed by atoms with Crippen molar-refractivity contribution in [3.05, 3.63) is 65.5 Å². The summed E-state index contributed by atoms with van der Waals surface area (Å²) in [4.78, 5) is 26.5. The van der Waals surface area contributed by atoms with Gasteiger partial charge in [0.1, 0.15) is 11.9 Å². The number of amides is 2. The van der Waals surface area contributed by atoms with Gasteiger partial charge in [-0.25, -0.2) is 4.39 Å². The van der Waals surface area contributed by atoms with Gasteiger partial charge in [-0.05, 0) is 54.3 Å². The summed E-state index contributed by atoms with van der Waals surface area (Å²) in [5.74, 6) is -0.365. The fraction of sp³-hybridized carbons (Fsp3) is 0.300. The Kier molecular flexibility index (Phi) is 4.83. The van der Waals surface area contributed by atoms with Crippen molar-refractivity contribution in [3.8, 4) is 0 Å². The van der Waals surface area contributed by atoms with Crippen LogP contribution < -0.4 is 10.2 Å². The fourth-order valence-electron chi connectivity index (χ4n) is 2.95. The van der Waals surface area contributed by atoms with Gasteiger partial charge >= 0.3 is 0 Å². The molecule has 0 aromatic heterocycles. The normalized spacial score (nSPS) is 17.2. The third kappa shape index (κ3) is 3.71. The number of nitrogens with one attached hydrogen (secondary N) is 1. The van der Waals surface area contributed by atoms with E-state index in [9.17, 15) is 14.0 Å². The molecular formula is C20H21FN2O2. The number of benzene rings is 2. The molecule has 3 rings (SSSR count). The van der Waals surface area contributed by atoms with E-state index in [-0.39, 0.29) is 17.6 Å². The van der Waals surface area contributed by atoms with Gasteiger partial charge in [0.05, 0.1) is 0 Å². The predicted octanol–water partition coefficient (Wildman–Crippen LogP) is 3.48. The van der Waals surface area contributed by atoms with Crippen LogP contribution in [0.5, 0.6) is 0 Å². The van der Waals surface area contributed by atoms with Gasteiger partial charge in [-0.2, -0.15) is 0 Å². The molecule has 5 heteroatoms. The van der Waals surface area contributed by atoms with Gasteiger partial charge in [0.15, 0.2) is 0 Å². The minimum Gasteiger partial charge on any atom is -0.340 e. The Morgan fingerprint density at radius 1 is 1.12 bits per heavy atom. The molecule has 0 spiro atoms. The first kappa shape index (κ1) is 17.1. The molecule has 1 aliphatic rings. The molecule has 25 heavy (non-hydrogen) atoms. The summed E-state index contributed by atoms with van der Waals surface area (Å²) in [6, 6.07) is 12.7. The number of carbonyl (C=O) groups is 2. The number of hydrogen-bond acceptors (Lipinski definition) is 2. The molecule has 1 saturated heterocycles. The maximum atomic E-state index is 13.0. The topological polar surface area (TPSA) is 49.4 Å². The summed E-state index contributed by atoms with van der Waals surface area (Å²) in [5.41, 5.74) is 2.35. The van der Waals surface area contributed by atoms with Crippen molar-refractivity contribution >= 4 is 17.5 Å². The van der Waals surface area contributed by atoms with Crippen LogP contribution >= 0.6 is 0 Å². The average molecular weight is 340 g/mol. The second-order valence-corrected chi connectivity index (χ2v) is 6.56. The maximum absolute atomic E-state index is 13.0. The number of rotatable bonds is 4. The molecule has 4 nitrogen and oxygen atoms in total. The number of hydrogen-bond donors (Lipinski definition) is 1. The molecule has 130 valence electrons. The number of halogens is 1. The lowest BCUT2D eigenvalue weighted by atomic mass is 10.0. The summed E-state index contributed by atoms with van der Waals surface area (Å²) in [6.07, 6.45) is 0.534.